The van der Waals surface area contributed by atoms with Crippen LogP contribution in [0, 0.1) is 18.3 Å². The van der Waals surface area contributed by atoms with E-state index in [4.69, 9.17) is 4.74 Å². The second-order valence-electron chi connectivity index (χ2n) is 8.95. The molecular weight excluding hydrogens is 384 g/mol. The van der Waals surface area contributed by atoms with Gasteiger partial charge in [-0.15, -0.1) is 11.3 Å². The Morgan fingerprint density at radius 2 is 2.17 bits per heavy atom. The first-order valence-electron chi connectivity index (χ1n) is 11.3. The highest BCUT2D eigenvalue weighted by atomic mass is 32.1. The molecule has 1 N–H and O–H groups in total. The van der Waals surface area contributed by atoms with Gasteiger partial charge in [-0.2, -0.15) is 0 Å². The highest BCUT2D eigenvalue weighted by Gasteiger charge is 2.52. The van der Waals surface area contributed by atoms with Crippen molar-refractivity contribution in [1.82, 2.24) is 20.1 Å². The Morgan fingerprint density at radius 3 is 2.90 bits per heavy atom. The normalized spacial score (nSPS) is 31.4. The third kappa shape index (κ3) is 4.53. The summed E-state index contributed by atoms with van der Waals surface area (Å²) in [6, 6.07) is 0.623. The number of carbonyl (C=O) groups excluding carboxylic acids is 1. The fraction of sp³-hybridized carbons (Fsp3) is 0.818. The van der Waals surface area contributed by atoms with Crippen LogP contribution in [0.3, 0.4) is 0 Å². The molecule has 0 aromatic carbocycles. The average molecular weight is 421 g/mol. The van der Waals surface area contributed by atoms with Crippen molar-refractivity contribution in [3.63, 3.8) is 0 Å². The molecule has 1 amide bonds. The lowest BCUT2D eigenvalue weighted by molar-refractivity contribution is -0.144. The smallest absolute Gasteiger partial charge is 0.227 e. The van der Waals surface area contributed by atoms with E-state index in [0.717, 1.165) is 83.9 Å². The van der Waals surface area contributed by atoms with Gasteiger partial charge in [-0.3, -0.25) is 9.69 Å². The minimum Gasteiger partial charge on any atom is -0.379 e. The zero-order chi connectivity index (χ0) is 20.3. The molecule has 1 aromatic rings. The summed E-state index contributed by atoms with van der Waals surface area (Å²) in [6.45, 7) is 11.9. The van der Waals surface area contributed by atoms with E-state index in [9.17, 15) is 4.79 Å². The molecule has 0 radical (unpaired) electrons. The van der Waals surface area contributed by atoms with Crippen LogP contribution in [0.25, 0.3) is 0 Å². The summed E-state index contributed by atoms with van der Waals surface area (Å²) in [5.41, 5.74) is 2.79. The number of carbonyl (C=O) groups is 1. The lowest BCUT2D eigenvalue weighted by Crippen LogP contribution is -2.61. The van der Waals surface area contributed by atoms with Crippen LogP contribution in [0.15, 0.2) is 5.51 Å². The number of thiazole rings is 1. The van der Waals surface area contributed by atoms with Gasteiger partial charge in [0.05, 0.1) is 29.8 Å². The maximum atomic E-state index is 13.5. The molecule has 3 aliphatic rings. The number of hydrogen-bond donors (Lipinski definition) is 1. The van der Waals surface area contributed by atoms with Crippen LogP contribution in [0.1, 0.15) is 43.2 Å². The Bertz CT molecular complexity index is 690. The minimum absolute atomic E-state index is 0.209. The Balaban J connectivity index is 1.42. The molecular formula is C22H36N4O2S. The maximum Gasteiger partial charge on any atom is 0.227 e. The highest BCUT2D eigenvalue weighted by Crippen LogP contribution is 2.47. The number of nitrogens with zero attached hydrogens (tertiary/aromatic N) is 3. The van der Waals surface area contributed by atoms with Gasteiger partial charge in [0.1, 0.15) is 0 Å². The number of rotatable bonds is 6. The predicted octanol–water partition coefficient (Wildman–Crippen LogP) is 2.32. The molecule has 3 atom stereocenters. The van der Waals surface area contributed by atoms with Gasteiger partial charge in [-0.1, -0.05) is 6.92 Å². The zero-order valence-electron chi connectivity index (χ0n) is 18.0. The molecule has 4 rings (SSSR count). The number of fused-ring (bicyclic) bond motifs is 1. The van der Waals surface area contributed by atoms with Gasteiger partial charge in [0, 0.05) is 43.5 Å². The first-order valence-corrected chi connectivity index (χ1v) is 12.2. The molecule has 1 aromatic heterocycles. The van der Waals surface area contributed by atoms with Crippen molar-refractivity contribution >= 4 is 17.2 Å². The largest absolute Gasteiger partial charge is 0.379 e. The first kappa shape index (κ1) is 21.2. The van der Waals surface area contributed by atoms with Gasteiger partial charge >= 0.3 is 0 Å². The number of morpholine rings is 1. The van der Waals surface area contributed by atoms with Gasteiger partial charge in [-0.05, 0) is 51.6 Å². The number of aromatic nitrogens is 1. The third-order valence-electron chi connectivity index (χ3n) is 7.51. The van der Waals surface area contributed by atoms with E-state index >= 15 is 0 Å². The van der Waals surface area contributed by atoms with Crippen molar-refractivity contribution in [3.8, 4) is 0 Å². The summed E-state index contributed by atoms with van der Waals surface area (Å²) in [6.07, 6.45) is 5.35. The minimum atomic E-state index is -0.209. The number of nitrogens with one attached hydrogen (secondary N) is 1. The summed E-state index contributed by atoms with van der Waals surface area (Å²) < 4.78 is 5.55. The van der Waals surface area contributed by atoms with Crippen molar-refractivity contribution in [1.29, 1.82) is 0 Å². The van der Waals surface area contributed by atoms with Crippen molar-refractivity contribution in [2.24, 2.45) is 11.3 Å². The fourth-order valence-corrected chi connectivity index (χ4v) is 6.45. The Hall–Kier alpha value is -1.02. The lowest BCUT2D eigenvalue weighted by Gasteiger charge is -2.53. The Morgan fingerprint density at radius 1 is 1.34 bits per heavy atom. The first-order chi connectivity index (χ1) is 14.1. The quantitative estimate of drug-likeness (QED) is 0.765. The molecule has 0 spiro atoms. The molecule has 1 aliphatic carbocycles. The molecule has 3 heterocycles. The van der Waals surface area contributed by atoms with Crippen LogP contribution in [-0.2, 0) is 16.0 Å². The number of aryl methyl sites for hydroxylation is 1. The summed E-state index contributed by atoms with van der Waals surface area (Å²) in [4.78, 5) is 24.2. The molecule has 29 heavy (non-hydrogen) atoms. The lowest BCUT2D eigenvalue weighted by atomic mass is 9.61. The van der Waals surface area contributed by atoms with Crippen molar-refractivity contribution in [2.75, 3.05) is 52.5 Å². The SMILES string of the molecule is CCN1CC[C@@H]2C[C@@H](N3CCOCC3)CC[C@@]2(C(=O)NCCc2scnc2C)C1. The second kappa shape index (κ2) is 9.41. The highest BCUT2D eigenvalue weighted by molar-refractivity contribution is 7.09. The molecule has 6 nitrogen and oxygen atoms in total. The zero-order valence-corrected chi connectivity index (χ0v) is 18.8. The van der Waals surface area contributed by atoms with E-state index in [0.29, 0.717) is 17.9 Å². The summed E-state index contributed by atoms with van der Waals surface area (Å²) in [7, 11) is 0. The molecule has 0 unspecified atom stereocenters. The van der Waals surface area contributed by atoms with E-state index in [-0.39, 0.29) is 5.41 Å². The topological polar surface area (TPSA) is 57.7 Å². The Labute approximate surface area is 179 Å². The van der Waals surface area contributed by atoms with Crippen LogP contribution < -0.4 is 5.32 Å². The molecule has 2 aliphatic heterocycles. The molecule has 0 bridgehead atoms. The monoisotopic (exact) mass is 420 g/mol. The maximum absolute atomic E-state index is 13.5. The van der Waals surface area contributed by atoms with Crippen molar-refractivity contribution < 1.29 is 9.53 Å². The molecule has 1 saturated carbocycles. The number of amides is 1. The van der Waals surface area contributed by atoms with Gasteiger partial charge in [0.15, 0.2) is 0 Å². The third-order valence-corrected chi connectivity index (χ3v) is 8.50. The van der Waals surface area contributed by atoms with E-state index in [1.165, 1.54) is 11.3 Å². The number of piperidine rings is 1. The number of ether oxygens (including phenoxy) is 1. The summed E-state index contributed by atoms with van der Waals surface area (Å²) in [5, 5.41) is 3.33. The van der Waals surface area contributed by atoms with Gasteiger partial charge < -0.3 is 15.0 Å². The standard InChI is InChI=1S/C22H36N4O2S/c1-3-25-9-6-18-14-19(26-10-12-28-13-11-26)4-7-22(18,15-25)21(27)23-8-5-20-17(2)24-16-29-20/h16,18-19H,3-15H2,1-2H3,(H,23,27)/t18-,19+,22-/m1/s1. The van der Waals surface area contributed by atoms with Crippen LogP contribution in [0.2, 0.25) is 0 Å². The molecule has 3 fully saturated rings. The van der Waals surface area contributed by atoms with Gasteiger partial charge in [0.2, 0.25) is 5.91 Å². The molecule has 162 valence electrons. The predicted molar refractivity (Wildman–Crippen MR) is 116 cm³/mol. The number of hydrogen-bond acceptors (Lipinski definition) is 6. The summed E-state index contributed by atoms with van der Waals surface area (Å²) >= 11 is 1.69. The Kier molecular flexibility index (Phi) is 6.89. The van der Waals surface area contributed by atoms with Crippen LogP contribution >= 0.6 is 11.3 Å². The van der Waals surface area contributed by atoms with Crippen molar-refractivity contribution in [3.05, 3.63) is 16.1 Å². The molecule has 2 saturated heterocycles. The van der Waals surface area contributed by atoms with Crippen LogP contribution in [0.5, 0.6) is 0 Å². The fourth-order valence-electron chi connectivity index (χ4n) is 5.67. The number of likely N-dealkylation sites (tertiary alicyclic amines) is 1. The van der Waals surface area contributed by atoms with Gasteiger partial charge in [0.25, 0.3) is 0 Å². The van der Waals surface area contributed by atoms with Crippen molar-refractivity contribution in [2.45, 2.75) is 52.0 Å². The van der Waals surface area contributed by atoms with E-state index in [1.54, 1.807) is 11.3 Å². The van der Waals surface area contributed by atoms with Gasteiger partial charge in [-0.25, -0.2) is 4.98 Å². The average Bonchev–Trinajstić information content (AvgIpc) is 3.18. The van der Waals surface area contributed by atoms with E-state index in [1.807, 2.05) is 5.51 Å². The van der Waals surface area contributed by atoms with Crippen LogP contribution in [0.4, 0.5) is 0 Å². The van der Waals surface area contributed by atoms with E-state index in [2.05, 4.69) is 33.9 Å². The second-order valence-corrected chi connectivity index (χ2v) is 9.89. The summed E-state index contributed by atoms with van der Waals surface area (Å²) in [5.74, 6) is 0.792. The van der Waals surface area contributed by atoms with E-state index < -0.39 is 0 Å². The molecule has 7 heteroatoms. The van der Waals surface area contributed by atoms with Crippen LogP contribution in [-0.4, -0.2) is 79.2 Å².